The second kappa shape index (κ2) is 6.10. The maximum atomic E-state index is 11.1. The van der Waals surface area contributed by atoms with Crippen molar-refractivity contribution < 1.29 is 12.9 Å². The number of nitrogens with zero attached hydrogens (tertiary/aromatic N) is 3. The zero-order chi connectivity index (χ0) is 14.6. The van der Waals surface area contributed by atoms with Gasteiger partial charge in [0.05, 0.1) is 11.8 Å². The van der Waals surface area contributed by atoms with Crippen LogP contribution in [-0.4, -0.2) is 35.6 Å². The van der Waals surface area contributed by atoms with E-state index in [2.05, 4.69) is 15.1 Å². The van der Waals surface area contributed by atoms with E-state index in [0.717, 1.165) is 5.56 Å². The summed E-state index contributed by atoms with van der Waals surface area (Å²) in [6.07, 6.45) is 5.32. The molecule has 0 spiro atoms. The van der Waals surface area contributed by atoms with Gasteiger partial charge in [0.25, 0.3) is 0 Å². The highest BCUT2D eigenvalue weighted by Gasteiger charge is 2.17. The number of hydrogen-bond acceptors (Lipinski definition) is 7. The zero-order valence-corrected chi connectivity index (χ0v) is 11.9. The average Bonchev–Trinajstić information content (AvgIpc) is 2.85. The van der Waals surface area contributed by atoms with Crippen molar-refractivity contribution in [1.29, 1.82) is 0 Å². The van der Waals surface area contributed by atoms with Gasteiger partial charge >= 0.3 is 0 Å². The molecule has 0 amide bonds. The lowest BCUT2D eigenvalue weighted by Crippen LogP contribution is -2.16. The molecule has 0 aliphatic heterocycles. The molecular weight excluding hydrogens is 280 g/mol. The number of nitrogens with two attached hydrogens (primary N) is 1. The van der Waals surface area contributed by atoms with E-state index in [-0.39, 0.29) is 18.1 Å². The summed E-state index contributed by atoms with van der Waals surface area (Å²) in [6, 6.07) is 3.16. The SMILES string of the molecule is CS(=O)(=O)CCC(N)c1nc(Cc2ccncc2)no1. The molecule has 0 aliphatic rings. The Bertz CT molecular complexity index is 654. The van der Waals surface area contributed by atoms with Crippen molar-refractivity contribution in [3.63, 3.8) is 0 Å². The van der Waals surface area contributed by atoms with E-state index < -0.39 is 15.9 Å². The van der Waals surface area contributed by atoms with Gasteiger partial charge in [0, 0.05) is 25.1 Å². The van der Waals surface area contributed by atoms with Gasteiger partial charge in [-0.2, -0.15) is 4.98 Å². The van der Waals surface area contributed by atoms with E-state index in [4.69, 9.17) is 10.3 Å². The number of sulfone groups is 1. The summed E-state index contributed by atoms with van der Waals surface area (Å²) in [5, 5.41) is 3.84. The molecule has 2 aromatic heterocycles. The Morgan fingerprint density at radius 1 is 1.35 bits per heavy atom. The Balaban J connectivity index is 1.98. The highest BCUT2D eigenvalue weighted by Crippen LogP contribution is 2.14. The van der Waals surface area contributed by atoms with Gasteiger partial charge in [-0.3, -0.25) is 4.98 Å². The minimum atomic E-state index is -3.05. The largest absolute Gasteiger partial charge is 0.338 e. The minimum absolute atomic E-state index is 0.00374. The topological polar surface area (TPSA) is 112 Å². The van der Waals surface area contributed by atoms with Crippen LogP contribution in [0.25, 0.3) is 0 Å². The molecule has 8 heteroatoms. The third-order valence-electron chi connectivity index (χ3n) is 2.71. The minimum Gasteiger partial charge on any atom is -0.338 e. The van der Waals surface area contributed by atoms with Gasteiger partial charge in [-0.1, -0.05) is 5.16 Å². The van der Waals surface area contributed by atoms with Crippen LogP contribution in [0.1, 0.15) is 29.7 Å². The van der Waals surface area contributed by atoms with E-state index in [9.17, 15) is 8.42 Å². The van der Waals surface area contributed by atoms with E-state index >= 15 is 0 Å². The zero-order valence-electron chi connectivity index (χ0n) is 11.1. The summed E-state index contributed by atoms with van der Waals surface area (Å²) in [6.45, 7) is 0. The van der Waals surface area contributed by atoms with Gasteiger partial charge in [-0.05, 0) is 24.1 Å². The quantitative estimate of drug-likeness (QED) is 0.825. The first-order valence-corrected chi connectivity index (χ1v) is 8.15. The summed E-state index contributed by atoms with van der Waals surface area (Å²) in [7, 11) is -3.05. The summed E-state index contributed by atoms with van der Waals surface area (Å²) < 4.78 is 27.2. The van der Waals surface area contributed by atoms with Crippen LogP contribution < -0.4 is 5.73 Å². The van der Waals surface area contributed by atoms with Gasteiger partial charge in [-0.15, -0.1) is 0 Å². The molecule has 0 aromatic carbocycles. The molecule has 7 nitrogen and oxygen atoms in total. The third kappa shape index (κ3) is 4.39. The molecule has 1 unspecified atom stereocenters. The molecule has 108 valence electrons. The van der Waals surface area contributed by atoms with Crippen molar-refractivity contribution in [1.82, 2.24) is 15.1 Å². The molecule has 0 saturated heterocycles. The van der Waals surface area contributed by atoms with E-state index in [0.29, 0.717) is 12.2 Å². The van der Waals surface area contributed by atoms with Gasteiger partial charge in [-0.25, -0.2) is 8.42 Å². The normalized spacial score (nSPS) is 13.3. The summed E-state index contributed by atoms with van der Waals surface area (Å²) in [5.74, 6) is 0.773. The standard InChI is InChI=1S/C12H16N4O3S/c1-20(17,18)7-4-10(13)12-15-11(16-19-12)8-9-2-5-14-6-3-9/h2-3,5-6,10H,4,7-8,13H2,1H3. The third-order valence-corrected chi connectivity index (χ3v) is 3.69. The Hall–Kier alpha value is -1.80. The predicted octanol–water partition coefficient (Wildman–Crippen LogP) is 0.490. The first-order chi connectivity index (χ1) is 9.44. The Kier molecular flexibility index (Phi) is 4.46. The Morgan fingerprint density at radius 3 is 2.70 bits per heavy atom. The second-order valence-electron chi connectivity index (χ2n) is 4.61. The first kappa shape index (κ1) is 14.6. The van der Waals surface area contributed by atoms with Gasteiger partial charge in [0.15, 0.2) is 5.82 Å². The lowest BCUT2D eigenvalue weighted by molar-refractivity contribution is 0.349. The fourth-order valence-electron chi connectivity index (χ4n) is 1.64. The van der Waals surface area contributed by atoms with Crippen LogP contribution in [0.4, 0.5) is 0 Å². The molecule has 20 heavy (non-hydrogen) atoms. The van der Waals surface area contributed by atoms with Crippen molar-refractivity contribution in [2.45, 2.75) is 18.9 Å². The van der Waals surface area contributed by atoms with Crippen molar-refractivity contribution in [3.05, 3.63) is 41.8 Å². The Morgan fingerprint density at radius 2 is 2.05 bits per heavy atom. The van der Waals surface area contributed by atoms with Crippen LogP contribution in [0.3, 0.4) is 0 Å². The van der Waals surface area contributed by atoms with Crippen LogP contribution in [0.15, 0.2) is 29.0 Å². The van der Waals surface area contributed by atoms with Crippen LogP contribution in [0.5, 0.6) is 0 Å². The maximum absolute atomic E-state index is 11.1. The fraction of sp³-hybridized carbons (Fsp3) is 0.417. The van der Waals surface area contributed by atoms with E-state index in [1.807, 2.05) is 12.1 Å². The molecule has 0 bridgehead atoms. The smallest absolute Gasteiger partial charge is 0.243 e. The number of hydrogen-bond donors (Lipinski definition) is 1. The van der Waals surface area contributed by atoms with Crippen molar-refractivity contribution >= 4 is 9.84 Å². The summed E-state index contributed by atoms with van der Waals surface area (Å²) in [5.41, 5.74) is 6.85. The number of aromatic nitrogens is 3. The van der Waals surface area contributed by atoms with Crippen LogP contribution in [-0.2, 0) is 16.3 Å². The average molecular weight is 296 g/mol. The molecule has 0 aliphatic carbocycles. The van der Waals surface area contributed by atoms with Crippen LogP contribution >= 0.6 is 0 Å². The van der Waals surface area contributed by atoms with Gasteiger partial charge in [0.1, 0.15) is 9.84 Å². The lowest BCUT2D eigenvalue weighted by Gasteiger charge is -2.04. The molecule has 2 aromatic rings. The fourth-order valence-corrected chi connectivity index (χ4v) is 2.32. The molecule has 0 saturated carbocycles. The van der Waals surface area contributed by atoms with Crippen LogP contribution in [0, 0.1) is 0 Å². The highest BCUT2D eigenvalue weighted by atomic mass is 32.2. The van der Waals surface area contributed by atoms with E-state index in [1.54, 1.807) is 12.4 Å². The van der Waals surface area contributed by atoms with E-state index in [1.165, 1.54) is 6.26 Å². The summed E-state index contributed by atoms with van der Waals surface area (Å²) in [4.78, 5) is 8.11. The molecule has 0 radical (unpaired) electrons. The van der Waals surface area contributed by atoms with Crippen molar-refractivity contribution in [2.75, 3.05) is 12.0 Å². The Labute approximate surface area is 117 Å². The van der Waals surface area contributed by atoms with Crippen molar-refractivity contribution in [2.24, 2.45) is 5.73 Å². The van der Waals surface area contributed by atoms with Crippen LogP contribution in [0.2, 0.25) is 0 Å². The maximum Gasteiger partial charge on any atom is 0.243 e. The molecule has 2 heterocycles. The number of pyridine rings is 1. The molecule has 2 rings (SSSR count). The molecule has 2 N–H and O–H groups in total. The lowest BCUT2D eigenvalue weighted by atomic mass is 10.2. The molecule has 0 fully saturated rings. The van der Waals surface area contributed by atoms with Gasteiger partial charge < -0.3 is 10.3 Å². The first-order valence-electron chi connectivity index (χ1n) is 6.09. The molecule has 1 atom stereocenters. The second-order valence-corrected chi connectivity index (χ2v) is 6.87. The molecular formula is C12H16N4O3S. The van der Waals surface area contributed by atoms with Gasteiger partial charge in [0.2, 0.25) is 5.89 Å². The van der Waals surface area contributed by atoms with Crippen molar-refractivity contribution in [3.8, 4) is 0 Å². The summed E-state index contributed by atoms with van der Waals surface area (Å²) >= 11 is 0. The predicted molar refractivity (Wildman–Crippen MR) is 72.6 cm³/mol. The number of rotatable bonds is 6. The monoisotopic (exact) mass is 296 g/mol. The highest BCUT2D eigenvalue weighted by molar-refractivity contribution is 7.90.